The number of amides is 1. The van der Waals surface area contributed by atoms with Crippen molar-refractivity contribution in [2.24, 2.45) is 5.92 Å². The Hall–Kier alpha value is -1.64. The lowest BCUT2D eigenvalue weighted by Crippen LogP contribution is -2.50. The molecule has 1 spiro atoms. The predicted octanol–water partition coefficient (Wildman–Crippen LogP) is 2.55. The van der Waals surface area contributed by atoms with Gasteiger partial charge in [-0.3, -0.25) is 4.79 Å². The smallest absolute Gasteiger partial charge is 0.224 e. The van der Waals surface area contributed by atoms with E-state index in [0.717, 1.165) is 18.4 Å². The van der Waals surface area contributed by atoms with Gasteiger partial charge in [0.15, 0.2) is 0 Å². The van der Waals surface area contributed by atoms with Gasteiger partial charge in [0.2, 0.25) is 15.9 Å². The summed E-state index contributed by atoms with van der Waals surface area (Å²) in [5.41, 5.74) is 1.44. The molecule has 2 heterocycles. The first kappa shape index (κ1) is 21.1. The second-order valence-corrected chi connectivity index (χ2v) is 9.99. The van der Waals surface area contributed by atoms with E-state index < -0.39 is 10.0 Å². The molecule has 0 radical (unpaired) electrons. The standard InChI is InChI=1S/C20H30N2O5S/c1-15-4-5-18(26-2)17(12-15)21-19(23)13-16-6-11-27-20(14-16)7-9-22(10-8-20)28(3,24)25/h4-5,12,16H,6-11,13-14H2,1-3H3,(H,21,23). The number of rotatable bonds is 5. The van der Waals surface area contributed by atoms with Gasteiger partial charge in [0.05, 0.1) is 24.7 Å². The van der Waals surface area contributed by atoms with Crippen molar-refractivity contribution in [2.45, 2.75) is 44.6 Å². The second-order valence-electron chi connectivity index (χ2n) is 8.01. The zero-order chi connectivity index (χ0) is 20.4. The Kier molecular flexibility index (Phi) is 6.31. The molecule has 7 nitrogen and oxygen atoms in total. The largest absolute Gasteiger partial charge is 0.495 e. The van der Waals surface area contributed by atoms with E-state index in [1.54, 1.807) is 7.11 Å². The van der Waals surface area contributed by atoms with Gasteiger partial charge in [0.1, 0.15) is 5.75 Å². The summed E-state index contributed by atoms with van der Waals surface area (Å²) >= 11 is 0. The first-order chi connectivity index (χ1) is 13.2. The van der Waals surface area contributed by atoms with Crippen LogP contribution in [0.1, 0.15) is 37.7 Å². The molecule has 1 atom stereocenters. The van der Waals surface area contributed by atoms with E-state index in [0.29, 0.717) is 50.4 Å². The van der Waals surface area contributed by atoms with Crippen molar-refractivity contribution in [3.63, 3.8) is 0 Å². The number of benzene rings is 1. The zero-order valence-electron chi connectivity index (χ0n) is 16.9. The number of piperidine rings is 1. The highest BCUT2D eigenvalue weighted by Crippen LogP contribution is 2.39. The molecule has 156 valence electrons. The summed E-state index contributed by atoms with van der Waals surface area (Å²) in [6.45, 7) is 3.56. The molecular weight excluding hydrogens is 380 g/mol. The normalized spacial score (nSPS) is 22.8. The molecule has 8 heteroatoms. The highest BCUT2D eigenvalue weighted by atomic mass is 32.2. The van der Waals surface area contributed by atoms with Crippen LogP contribution in [0.25, 0.3) is 0 Å². The third kappa shape index (κ3) is 5.04. The molecule has 0 aliphatic carbocycles. The van der Waals surface area contributed by atoms with E-state index in [2.05, 4.69) is 5.32 Å². The van der Waals surface area contributed by atoms with Crippen LogP contribution in [0.15, 0.2) is 18.2 Å². The number of anilines is 1. The quantitative estimate of drug-likeness (QED) is 0.806. The molecule has 0 aromatic heterocycles. The molecule has 28 heavy (non-hydrogen) atoms. The lowest BCUT2D eigenvalue weighted by Gasteiger charge is -2.45. The summed E-state index contributed by atoms with van der Waals surface area (Å²) in [6, 6.07) is 5.70. The van der Waals surface area contributed by atoms with Crippen LogP contribution in [0.4, 0.5) is 5.69 Å². The first-order valence-corrected chi connectivity index (χ1v) is 11.6. The van der Waals surface area contributed by atoms with Gasteiger partial charge >= 0.3 is 0 Å². The van der Waals surface area contributed by atoms with E-state index in [-0.39, 0.29) is 17.4 Å². The van der Waals surface area contributed by atoms with Gasteiger partial charge in [-0.05, 0) is 56.2 Å². The summed E-state index contributed by atoms with van der Waals surface area (Å²) in [5.74, 6) is 0.851. The Morgan fingerprint density at radius 3 is 2.71 bits per heavy atom. The first-order valence-electron chi connectivity index (χ1n) is 9.74. The zero-order valence-corrected chi connectivity index (χ0v) is 17.7. The number of nitrogens with one attached hydrogen (secondary N) is 1. The van der Waals surface area contributed by atoms with Crippen LogP contribution in [0.2, 0.25) is 0 Å². The summed E-state index contributed by atoms with van der Waals surface area (Å²) in [6.07, 6.45) is 4.68. The summed E-state index contributed by atoms with van der Waals surface area (Å²) in [7, 11) is -1.57. The Morgan fingerprint density at radius 1 is 1.36 bits per heavy atom. The number of nitrogens with zero attached hydrogens (tertiary/aromatic N) is 1. The molecule has 0 saturated carbocycles. The SMILES string of the molecule is COc1ccc(C)cc1NC(=O)CC1CCOC2(CCN(S(C)(=O)=O)CC2)C1. The molecule has 1 aromatic rings. The molecular formula is C20H30N2O5S. The van der Waals surface area contributed by atoms with Crippen LogP contribution >= 0.6 is 0 Å². The van der Waals surface area contributed by atoms with E-state index in [4.69, 9.17) is 9.47 Å². The number of methoxy groups -OCH3 is 1. The Morgan fingerprint density at radius 2 is 2.07 bits per heavy atom. The van der Waals surface area contributed by atoms with E-state index in [9.17, 15) is 13.2 Å². The third-order valence-electron chi connectivity index (χ3n) is 5.80. The van der Waals surface area contributed by atoms with E-state index in [1.165, 1.54) is 10.6 Å². The average Bonchev–Trinajstić information content (AvgIpc) is 2.61. The highest BCUT2D eigenvalue weighted by Gasteiger charge is 2.42. The molecule has 2 fully saturated rings. The Balaban J connectivity index is 1.58. The molecule has 1 N–H and O–H groups in total. The van der Waals surface area contributed by atoms with Crippen LogP contribution in [0, 0.1) is 12.8 Å². The number of carbonyl (C=O) groups is 1. The van der Waals surface area contributed by atoms with E-state index >= 15 is 0 Å². The average molecular weight is 411 g/mol. The van der Waals surface area contributed by atoms with Gasteiger partial charge in [-0.15, -0.1) is 0 Å². The maximum absolute atomic E-state index is 12.6. The van der Waals surface area contributed by atoms with Gasteiger partial charge in [0.25, 0.3) is 0 Å². The minimum absolute atomic E-state index is 0.0282. The van der Waals surface area contributed by atoms with Gasteiger partial charge < -0.3 is 14.8 Å². The van der Waals surface area contributed by atoms with Crippen LogP contribution in [-0.2, 0) is 19.6 Å². The Labute approximate surface area is 167 Å². The van der Waals surface area contributed by atoms with Gasteiger partial charge in [-0.1, -0.05) is 6.07 Å². The maximum Gasteiger partial charge on any atom is 0.224 e. The maximum atomic E-state index is 12.6. The fraction of sp³-hybridized carbons (Fsp3) is 0.650. The number of hydrogen-bond donors (Lipinski definition) is 1. The lowest BCUT2D eigenvalue weighted by molar-refractivity contribution is -0.129. The Bertz CT molecular complexity index is 816. The van der Waals surface area contributed by atoms with Gasteiger partial charge in [0, 0.05) is 26.1 Å². The van der Waals surface area contributed by atoms with Crippen molar-refractivity contribution >= 4 is 21.6 Å². The molecule has 2 saturated heterocycles. The molecule has 1 amide bonds. The van der Waals surface area contributed by atoms with Crippen LogP contribution in [0.3, 0.4) is 0 Å². The number of ether oxygens (including phenoxy) is 2. The lowest BCUT2D eigenvalue weighted by atomic mass is 9.78. The minimum atomic E-state index is -3.16. The molecule has 2 aliphatic rings. The topological polar surface area (TPSA) is 84.9 Å². The van der Waals surface area contributed by atoms with Crippen molar-refractivity contribution in [1.29, 1.82) is 0 Å². The van der Waals surface area contributed by atoms with Crippen molar-refractivity contribution in [3.05, 3.63) is 23.8 Å². The fourth-order valence-electron chi connectivity index (χ4n) is 4.26. The van der Waals surface area contributed by atoms with Crippen molar-refractivity contribution < 1.29 is 22.7 Å². The van der Waals surface area contributed by atoms with Gasteiger partial charge in [-0.2, -0.15) is 0 Å². The number of aryl methyl sites for hydroxylation is 1. The minimum Gasteiger partial charge on any atom is -0.495 e. The molecule has 3 rings (SSSR count). The van der Waals surface area contributed by atoms with Gasteiger partial charge in [-0.25, -0.2) is 12.7 Å². The highest BCUT2D eigenvalue weighted by molar-refractivity contribution is 7.88. The summed E-state index contributed by atoms with van der Waals surface area (Å²) in [4.78, 5) is 12.6. The number of carbonyl (C=O) groups excluding carboxylic acids is 1. The molecule has 0 bridgehead atoms. The molecule has 1 aromatic carbocycles. The summed E-state index contributed by atoms with van der Waals surface area (Å²) in [5, 5.41) is 2.98. The third-order valence-corrected chi connectivity index (χ3v) is 7.10. The van der Waals surface area contributed by atoms with Crippen molar-refractivity contribution in [2.75, 3.05) is 38.4 Å². The fourth-order valence-corrected chi connectivity index (χ4v) is 5.11. The van der Waals surface area contributed by atoms with Crippen LogP contribution < -0.4 is 10.1 Å². The predicted molar refractivity (Wildman–Crippen MR) is 108 cm³/mol. The van der Waals surface area contributed by atoms with Crippen LogP contribution in [-0.4, -0.2) is 57.3 Å². The summed E-state index contributed by atoms with van der Waals surface area (Å²) < 4.78 is 36.4. The second kappa shape index (κ2) is 8.39. The number of sulfonamides is 1. The molecule has 1 unspecified atom stereocenters. The number of hydrogen-bond acceptors (Lipinski definition) is 5. The van der Waals surface area contributed by atoms with Crippen molar-refractivity contribution in [1.82, 2.24) is 4.31 Å². The van der Waals surface area contributed by atoms with Crippen LogP contribution in [0.5, 0.6) is 5.75 Å². The van der Waals surface area contributed by atoms with E-state index in [1.807, 2.05) is 25.1 Å². The monoisotopic (exact) mass is 410 g/mol. The van der Waals surface area contributed by atoms with Crippen molar-refractivity contribution in [3.8, 4) is 5.75 Å². The molecule has 2 aliphatic heterocycles.